The minimum absolute atomic E-state index is 0. The van der Waals surface area contributed by atoms with Crippen LogP contribution in [0.2, 0.25) is 0 Å². The van der Waals surface area contributed by atoms with E-state index < -0.39 is 0 Å². The van der Waals surface area contributed by atoms with Crippen molar-refractivity contribution in [1.82, 2.24) is 0 Å². The van der Waals surface area contributed by atoms with Gasteiger partial charge in [-0.15, -0.1) is 12.4 Å². The monoisotopic (exact) mass is 132 g/mol. The minimum atomic E-state index is 0. The summed E-state index contributed by atoms with van der Waals surface area (Å²) in [6.07, 6.45) is 0. The maximum atomic E-state index is 0. The van der Waals surface area contributed by atoms with E-state index >= 15 is 0 Å². The Morgan fingerprint density at radius 1 is 0.750 bits per heavy atom. The van der Waals surface area contributed by atoms with Crippen LogP contribution in [0.1, 0.15) is 0 Å². The second-order valence-corrected chi connectivity index (χ2v) is 0. The second kappa shape index (κ2) is 16.7. The van der Waals surface area contributed by atoms with Crippen LogP contribution < -0.4 is 0 Å². The molecule has 0 rings (SSSR count). The predicted octanol–water partition coefficient (Wildman–Crippen LogP) is -0.878. The van der Waals surface area contributed by atoms with Gasteiger partial charge in [0.25, 0.3) is 0 Å². The van der Waals surface area contributed by atoms with Crippen LogP contribution >= 0.6 is 12.4 Å². The van der Waals surface area contributed by atoms with Gasteiger partial charge in [-0.2, -0.15) is 0 Å². The molecule has 0 radical (unpaired) electrons. The predicted molar refractivity (Wildman–Crippen MR) is 21.5 cm³/mol. The molecule has 0 aliphatic carbocycles. The first kappa shape index (κ1) is 28.0. The van der Waals surface area contributed by atoms with E-state index in [1.54, 1.807) is 0 Å². The summed E-state index contributed by atoms with van der Waals surface area (Å²) in [6, 6.07) is 0. The Morgan fingerprint density at radius 2 is 0.750 bits per heavy atom. The van der Waals surface area contributed by atoms with Crippen LogP contribution in [0, 0.1) is 0 Å². The molecule has 0 fully saturated rings. The third-order valence-electron chi connectivity index (χ3n) is 0. The van der Waals surface area contributed by atoms with Crippen molar-refractivity contribution in [2.75, 3.05) is 0 Å². The van der Waals surface area contributed by atoms with Gasteiger partial charge < -0.3 is 0 Å². The maximum Gasteiger partial charge on any atom is 0 e. The van der Waals surface area contributed by atoms with E-state index in [0.717, 1.165) is 0 Å². The normalized spacial score (nSPS) is 0. The third-order valence-corrected chi connectivity index (χ3v) is 0. The molecule has 0 heterocycles. The van der Waals surface area contributed by atoms with Crippen molar-refractivity contribution in [3.8, 4) is 0 Å². The quantitative estimate of drug-likeness (QED) is 0.376. The fourth-order valence-corrected chi connectivity index (χ4v) is 0. The first-order valence-electron chi connectivity index (χ1n) is 0. The fourth-order valence-electron chi connectivity index (χ4n) is 0. The van der Waals surface area contributed by atoms with E-state index in [0.29, 0.717) is 0 Å². The van der Waals surface area contributed by atoms with Crippen LogP contribution in [0.5, 0.6) is 0 Å². The Hall–Kier alpha value is 3.00. The average molecular weight is 132 g/mol. The first-order valence-corrected chi connectivity index (χ1v) is 0. The van der Waals surface area contributed by atoms with Crippen LogP contribution in [-0.2, 0) is 21.7 Å². The van der Waals surface area contributed by atoms with Crippen LogP contribution in [0.3, 0.4) is 0 Å². The van der Waals surface area contributed by atoms with Gasteiger partial charge in [0, 0.05) is 21.7 Å². The molecule has 0 aliphatic rings. The van der Waals surface area contributed by atoms with Crippen molar-refractivity contribution < 1.29 is 21.7 Å². The molecule has 0 spiro atoms. The number of rotatable bonds is 0. The molecule has 0 amide bonds. The Bertz CT molecular complexity index is 6.00. The number of hydrogen-bond acceptors (Lipinski definition) is 0. The van der Waals surface area contributed by atoms with Crippen LogP contribution in [-0.4, -0.2) is 59.1 Å². The van der Waals surface area contributed by atoms with Crippen molar-refractivity contribution in [1.29, 1.82) is 0 Å². The number of halogens is 1. The summed E-state index contributed by atoms with van der Waals surface area (Å²) in [5, 5.41) is 0. The van der Waals surface area contributed by atoms with Crippen LogP contribution in [0.25, 0.3) is 0 Å². The van der Waals surface area contributed by atoms with Gasteiger partial charge in [-0.1, -0.05) is 0 Å². The molecule has 4 heavy (non-hydrogen) atoms. The summed E-state index contributed by atoms with van der Waals surface area (Å²) in [6.45, 7) is 0. The van der Waals surface area contributed by atoms with Gasteiger partial charge in [-0.3, -0.25) is 0 Å². The molecule has 0 N–H and O–H groups in total. The van der Waals surface area contributed by atoms with Crippen molar-refractivity contribution >= 4 is 71.5 Å². The van der Waals surface area contributed by atoms with E-state index in [4.69, 9.17) is 0 Å². The van der Waals surface area contributed by atoms with E-state index in [1.165, 1.54) is 0 Å². The summed E-state index contributed by atoms with van der Waals surface area (Å²) in [5.41, 5.74) is 0. The summed E-state index contributed by atoms with van der Waals surface area (Å²) in [7, 11) is 0. The summed E-state index contributed by atoms with van der Waals surface area (Å²) < 4.78 is 0. The van der Waals surface area contributed by atoms with Gasteiger partial charge in [0.15, 0.2) is 0 Å². The second-order valence-electron chi connectivity index (χ2n) is 0. The zero-order valence-corrected chi connectivity index (χ0v) is 3.29. The molecule has 4 heteroatoms. The van der Waals surface area contributed by atoms with Crippen molar-refractivity contribution in [3.05, 3.63) is 0 Å². The zero-order valence-electron chi connectivity index (χ0n) is 0.908. The van der Waals surface area contributed by atoms with Gasteiger partial charge in [0.05, 0.1) is 0 Å². The van der Waals surface area contributed by atoms with Gasteiger partial charge in [-0.25, -0.2) is 0 Å². The van der Waals surface area contributed by atoms with Crippen molar-refractivity contribution in [2.45, 2.75) is 0 Å². The minimum Gasteiger partial charge on any atom is 0 e. The topological polar surface area (TPSA) is 0 Å². The molecule has 0 aromatic heterocycles. The Kier molecular flexibility index (Phi) is 117. The molecule has 0 nitrogen and oxygen atoms in total. The molecule has 0 saturated heterocycles. The SMILES string of the molecule is Cl.[NaH].[NaH].[Ti]. The summed E-state index contributed by atoms with van der Waals surface area (Å²) in [5.74, 6) is 0. The molecule has 0 aliphatic heterocycles. The van der Waals surface area contributed by atoms with E-state index in [2.05, 4.69) is 0 Å². The summed E-state index contributed by atoms with van der Waals surface area (Å²) in [4.78, 5) is 0. The van der Waals surface area contributed by atoms with Gasteiger partial charge in [0.2, 0.25) is 0 Å². The Balaban J connectivity index is 0. The largest absolute Gasteiger partial charge is 0 e. The molecular weight excluding hydrogens is 129 g/mol. The Morgan fingerprint density at radius 3 is 0.750 bits per heavy atom. The van der Waals surface area contributed by atoms with Crippen LogP contribution in [0.4, 0.5) is 0 Å². The van der Waals surface area contributed by atoms with E-state index in [1.807, 2.05) is 0 Å². The average Bonchev–Trinajstić information content (AvgIpc) is 0. The van der Waals surface area contributed by atoms with Crippen molar-refractivity contribution in [3.63, 3.8) is 0 Å². The molecule has 0 bridgehead atoms. The van der Waals surface area contributed by atoms with E-state index in [9.17, 15) is 0 Å². The third kappa shape index (κ3) is 8.89. The van der Waals surface area contributed by atoms with E-state index in [-0.39, 0.29) is 93.2 Å². The smallest absolute Gasteiger partial charge is 0 e. The molecular formula is H3ClNa2Ti. The molecule has 16 valence electrons. The number of hydrogen-bond donors (Lipinski definition) is 0. The maximum absolute atomic E-state index is 0. The molecule has 0 aromatic carbocycles. The summed E-state index contributed by atoms with van der Waals surface area (Å²) >= 11 is 0. The fraction of sp³-hybridized carbons (Fsp3) is 0. The standard InChI is InChI=1S/ClH.2Na.Ti.2H/h1H;;;;;. The Labute approximate surface area is 91.4 Å². The zero-order chi connectivity index (χ0) is 0. The van der Waals surface area contributed by atoms with Gasteiger partial charge in [-0.05, 0) is 0 Å². The van der Waals surface area contributed by atoms with Crippen molar-refractivity contribution in [2.24, 2.45) is 0 Å². The van der Waals surface area contributed by atoms with Crippen LogP contribution in [0.15, 0.2) is 0 Å². The molecule has 0 unspecified atom stereocenters. The molecule has 0 saturated carbocycles. The van der Waals surface area contributed by atoms with Gasteiger partial charge in [0.1, 0.15) is 0 Å². The first-order chi connectivity index (χ1) is 0. The molecule has 0 atom stereocenters. The van der Waals surface area contributed by atoms with Gasteiger partial charge >= 0.3 is 59.1 Å². The molecule has 0 aromatic rings.